The highest BCUT2D eigenvalue weighted by molar-refractivity contribution is 6.03. The summed E-state index contributed by atoms with van der Waals surface area (Å²) in [6.07, 6.45) is 1.74. The van der Waals surface area contributed by atoms with E-state index in [2.05, 4.69) is 15.4 Å². The predicted molar refractivity (Wildman–Crippen MR) is 80.6 cm³/mol. The quantitative estimate of drug-likeness (QED) is 0.762. The first-order valence-corrected chi connectivity index (χ1v) is 6.57. The molecule has 3 aromatic rings. The molecular weight excluding hydrogens is 282 g/mol. The minimum Gasteiger partial charge on any atom is -0.366 e. The molecule has 110 valence electrons. The van der Waals surface area contributed by atoms with Crippen LogP contribution in [-0.4, -0.2) is 26.4 Å². The van der Waals surface area contributed by atoms with Crippen LogP contribution in [0, 0.1) is 6.92 Å². The first-order chi connectivity index (χ1) is 10.5. The van der Waals surface area contributed by atoms with Gasteiger partial charge in [-0.3, -0.25) is 9.59 Å². The first kappa shape index (κ1) is 13.7. The molecule has 7 nitrogen and oxygen atoms in total. The summed E-state index contributed by atoms with van der Waals surface area (Å²) in [6.45, 7) is 1.86. The van der Waals surface area contributed by atoms with Gasteiger partial charge in [0.25, 0.3) is 5.91 Å². The fourth-order valence-electron chi connectivity index (χ4n) is 2.03. The number of hydrogen-bond donors (Lipinski definition) is 2. The third kappa shape index (κ3) is 2.64. The lowest BCUT2D eigenvalue weighted by Gasteiger charge is -2.05. The second-order valence-electron chi connectivity index (χ2n) is 4.80. The summed E-state index contributed by atoms with van der Waals surface area (Å²) in [5, 5.41) is 6.91. The topological polar surface area (TPSA) is 102 Å². The van der Waals surface area contributed by atoms with E-state index in [1.54, 1.807) is 47.1 Å². The Hall–Kier alpha value is -3.22. The van der Waals surface area contributed by atoms with Crippen molar-refractivity contribution in [2.45, 2.75) is 6.92 Å². The molecule has 0 aliphatic rings. The molecular formula is C15H13N5O2. The van der Waals surface area contributed by atoms with Crippen LogP contribution in [0.25, 0.3) is 5.65 Å². The standard InChI is InChI=1S/C15H13N5O2/c1-9-8-20-13(17-9)7-6-12(19-20)15(22)18-11-4-2-10(3-5-11)14(16)21/h2-8H,1H3,(H2,16,21)(H,18,22). The van der Waals surface area contributed by atoms with Crippen molar-refractivity contribution in [3.8, 4) is 0 Å². The Morgan fingerprint density at radius 3 is 2.55 bits per heavy atom. The highest BCUT2D eigenvalue weighted by atomic mass is 16.2. The van der Waals surface area contributed by atoms with Crippen molar-refractivity contribution in [1.82, 2.24) is 14.6 Å². The summed E-state index contributed by atoms with van der Waals surface area (Å²) < 4.78 is 1.56. The maximum Gasteiger partial charge on any atom is 0.276 e. The van der Waals surface area contributed by atoms with Crippen molar-refractivity contribution < 1.29 is 9.59 Å². The zero-order valence-electron chi connectivity index (χ0n) is 11.8. The molecule has 1 aromatic carbocycles. The Labute approximate surface area is 125 Å². The minimum atomic E-state index is -0.513. The van der Waals surface area contributed by atoms with Gasteiger partial charge in [0.2, 0.25) is 5.91 Å². The third-order valence-electron chi connectivity index (χ3n) is 3.10. The number of nitrogens with one attached hydrogen (secondary N) is 1. The van der Waals surface area contributed by atoms with E-state index in [1.807, 2.05) is 6.92 Å². The highest BCUT2D eigenvalue weighted by Crippen LogP contribution is 2.11. The van der Waals surface area contributed by atoms with Crippen LogP contribution in [0.2, 0.25) is 0 Å². The summed E-state index contributed by atoms with van der Waals surface area (Å²) in [5.41, 5.74) is 7.88. The van der Waals surface area contributed by atoms with Crippen molar-refractivity contribution in [2.75, 3.05) is 5.32 Å². The Bertz CT molecular complexity index is 867. The van der Waals surface area contributed by atoms with Gasteiger partial charge in [-0.2, -0.15) is 5.10 Å². The van der Waals surface area contributed by atoms with E-state index in [1.165, 1.54) is 0 Å². The maximum absolute atomic E-state index is 12.2. The number of rotatable bonds is 3. The zero-order valence-corrected chi connectivity index (χ0v) is 11.8. The fourth-order valence-corrected chi connectivity index (χ4v) is 2.03. The molecule has 0 saturated heterocycles. The number of carbonyl (C=O) groups is 2. The number of aryl methyl sites for hydroxylation is 1. The average molecular weight is 295 g/mol. The number of benzene rings is 1. The van der Waals surface area contributed by atoms with Crippen molar-refractivity contribution >= 4 is 23.1 Å². The number of imidazole rings is 1. The van der Waals surface area contributed by atoms with Crippen LogP contribution in [0.3, 0.4) is 0 Å². The number of amides is 2. The van der Waals surface area contributed by atoms with Crippen LogP contribution in [0.15, 0.2) is 42.6 Å². The molecule has 0 spiro atoms. The van der Waals surface area contributed by atoms with E-state index in [4.69, 9.17) is 5.73 Å². The third-order valence-corrected chi connectivity index (χ3v) is 3.10. The largest absolute Gasteiger partial charge is 0.366 e. The van der Waals surface area contributed by atoms with Gasteiger partial charge in [-0.05, 0) is 43.3 Å². The number of nitrogens with zero attached hydrogens (tertiary/aromatic N) is 3. The van der Waals surface area contributed by atoms with Gasteiger partial charge in [-0.1, -0.05) is 0 Å². The number of primary amides is 1. The summed E-state index contributed by atoms with van der Waals surface area (Å²) in [5.74, 6) is -0.861. The van der Waals surface area contributed by atoms with Crippen LogP contribution in [0.4, 0.5) is 5.69 Å². The zero-order chi connectivity index (χ0) is 15.7. The lowest BCUT2D eigenvalue weighted by Crippen LogP contribution is -2.15. The first-order valence-electron chi connectivity index (χ1n) is 6.57. The predicted octanol–water partition coefficient (Wildman–Crippen LogP) is 1.39. The second-order valence-corrected chi connectivity index (χ2v) is 4.80. The van der Waals surface area contributed by atoms with Gasteiger partial charge in [0.15, 0.2) is 5.65 Å². The summed E-state index contributed by atoms with van der Waals surface area (Å²) in [7, 11) is 0. The lowest BCUT2D eigenvalue weighted by molar-refractivity contribution is 0.0997. The smallest absolute Gasteiger partial charge is 0.276 e. The lowest BCUT2D eigenvalue weighted by atomic mass is 10.2. The van der Waals surface area contributed by atoms with Crippen LogP contribution >= 0.6 is 0 Å². The molecule has 2 aromatic heterocycles. The number of aromatic nitrogens is 3. The van der Waals surface area contributed by atoms with E-state index in [9.17, 15) is 9.59 Å². The van der Waals surface area contributed by atoms with Crippen LogP contribution < -0.4 is 11.1 Å². The molecule has 0 fully saturated rings. The molecule has 0 unspecified atom stereocenters. The van der Waals surface area contributed by atoms with E-state index in [-0.39, 0.29) is 11.6 Å². The van der Waals surface area contributed by atoms with E-state index < -0.39 is 5.91 Å². The van der Waals surface area contributed by atoms with Crippen LogP contribution in [0.5, 0.6) is 0 Å². The SMILES string of the molecule is Cc1cn2nc(C(=O)Nc3ccc(C(N)=O)cc3)ccc2n1. The van der Waals surface area contributed by atoms with Crippen molar-refractivity contribution in [3.63, 3.8) is 0 Å². The van der Waals surface area contributed by atoms with Crippen LogP contribution in [-0.2, 0) is 0 Å². The van der Waals surface area contributed by atoms with E-state index in [0.29, 0.717) is 16.9 Å². The summed E-state index contributed by atoms with van der Waals surface area (Å²) in [6, 6.07) is 9.65. The van der Waals surface area contributed by atoms with Gasteiger partial charge in [0.05, 0.1) is 11.9 Å². The molecule has 0 radical (unpaired) electrons. The molecule has 22 heavy (non-hydrogen) atoms. The van der Waals surface area contributed by atoms with Crippen molar-refractivity contribution in [1.29, 1.82) is 0 Å². The molecule has 0 aliphatic carbocycles. The van der Waals surface area contributed by atoms with Gasteiger partial charge < -0.3 is 11.1 Å². The number of anilines is 1. The Morgan fingerprint density at radius 2 is 1.86 bits per heavy atom. The molecule has 7 heteroatoms. The summed E-state index contributed by atoms with van der Waals surface area (Å²) in [4.78, 5) is 27.4. The van der Waals surface area contributed by atoms with E-state index in [0.717, 1.165) is 5.69 Å². The second kappa shape index (κ2) is 5.28. The molecule has 2 amide bonds. The number of carbonyl (C=O) groups excluding carboxylic acids is 2. The van der Waals surface area contributed by atoms with Gasteiger partial charge in [0.1, 0.15) is 5.69 Å². The molecule has 0 bridgehead atoms. The Balaban J connectivity index is 1.81. The Morgan fingerprint density at radius 1 is 1.14 bits per heavy atom. The molecule has 0 saturated carbocycles. The molecule has 0 aliphatic heterocycles. The number of hydrogen-bond acceptors (Lipinski definition) is 4. The van der Waals surface area contributed by atoms with Crippen molar-refractivity contribution in [3.05, 3.63) is 59.5 Å². The van der Waals surface area contributed by atoms with Gasteiger partial charge in [-0.15, -0.1) is 0 Å². The van der Waals surface area contributed by atoms with Gasteiger partial charge >= 0.3 is 0 Å². The summed E-state index contributed by atoms with van der Waals surface area (Å²) >= 11 is 0. The normalized spacial score (nSPS) is 10.6. The van der Waals surface area contributed by atoms with Crippen LogP contribution in [0.1, 0.15) is 26.5 Å². The molecule has 3 N–H and O–H groups in total. The highest BCUT2D eigenvalue weighted by Gasteiger charge is 2.10. The average Bonchev–Trinajstić information content (AvgIpc) is 2.86. The van der Waals surface area contributed by atoms with E-state index >= 15 is 0 Å². The maximum atomic E-state index is 12.2. The molecule has 3 rings (SSSR count). The monoisotopic (exact) mass is 295 g/mol. The number of fused-ring (bicyclic) bond motifs is 1. The number of nitrogens with two attached hydrogens (primary N) is 1. The molecule has 2 heterocycles. The van der Waals surface area contributed by atoms with Crippen molar-refractivity contribution in [2.24, 2.45) is 5.73 Å². The van der Waals surface area contributed by atoms with Gasteiger partial charge in [-0.25, -0.2) is 9.50 Å². The van der Waals surface area contributed by atoms with Gasteiger partial charge in [0, 0.05) is 11.3 Å². The minimum absolute atomic E-state index is 0.267. The molecule has 0 atom stereocenters. The Kier molecular flexibility index (Phi) is 3.30. The fraction of sp³-hybridized carbons (Fsp3) is 0.0667.